The van der Waals surface area contributed by atoms with E-state index in [1.54, 1.807) is 0 Å². The van der Waals surface area contributed by atoms with Crippen molar-refractivity contribution in [2.75, 3.05) is 0 Å². The van der Waals surface area contributed by atoms with Crippen molar-refractivity contribution in [2.45, 2.75) is 6.18 Å². The maximum Gasteiger partial charge on any atom is 0.417 e. The van der Waals surface area contributed by atoms with Gasteiger partial charge in [0.25, 0.3) is 10.9 Å². The zero-order valence-corrected chi connectivity index (χ0v) is 10.6. The Bertz CT molecular complexity index is 504. The number of halogens is 5. The van der Waals surface area contributed by atoms with Crippen LogP contribution in [-0.2, 0) is 6.18 Å². The molecule has 0 atom stereocenters. The lowest BCUT2D eigenvalue weighted by Crippen LogP contribution is -2.13. The van der Waals surface area contributed by atoms with Gasteiger partial charge in [0.05, 0.1) is 10.5 Å². The maximum absolute atomic E-state index is 12.6. The molecule has 0 aliphatic carbocycles. The van der Waals surface area contributed by atoms with Gasteiger partial charge in [-0.1, -0.05) is 0 Å². The number of carbonyl (C=O) groups is 1. The molecule has 17 heavy (non-hydrogen) atoms. The zero-order chi connectivity index (χ0) is 13.4. The zero-order valence-electron chi connectivity index (χ0n) is 7.72. The smallest absolute Gasteiger partial charge is 0.275 e. The van der Waals surface area contributed by atoms with Crippen LogP contribution in [0.25, 0.3) is 0 Å². The van der Waals surface area contributed by atoms with E-state index in [1.165, 1.54) is 22.6 Å². The van der Waals surface area contributed by atoms with Crippen LogP contribution in [0.4, 0.5) is 18.9 Å². The molecule has 1 aromatic rings. The van der Waals surface area contributed by atoms with Crippen LogP contribution in [-0.4, -0.2) is 10.2 Å². The lowest BCUT2D eigenvalue weighted by molar-refractivity contribution is -0.385. The fraction of sp³-hybridized carbons (Fsp3) is 0.125. The molecular weight excluding hydrogens is 377 g/mol. The normalized spacial score (nSPS) is 11.4. The SMILES string of the molecule is O=C(Cl)c1c([N+](=O)[O-])cc(I)cc1C(F)(F)F. The van der Waals surface area contributed by atoms with Gasteiger partial charge in [0.2, 0.25) is 0 Å². The van der Waals surface area contributed by atoms with E-state index in [9.17, 15) is 28.1 Å². The van der Waals surface area contributed by atoms with Crippen molar-refractivity contribution in [2.24, 2.45) is 0 Å². The fourth-order valence-corrected chi connectivity index (χ4v) is 1.97. The average Bonchev–Trinajstić information content (AvgIpc) is 2.14. The van der Waals surface area contributed by atoms with Crippen molar-refractivity contribution in [3.05, 3.63) is 36.9 Å². The molecule has 0 fully saturated rings. The molecule has 0 heterocycles. The van der Waals surface area contributed by atoms with E-state index < -0.39 is 33.2 Å². The molecule has 0 aliphatic heterocycles. The topological polar surface area (TPSA) is 60.2 Å². The predicted molar refractivity (Wildman–Crippen MR) is 61.0 cm³/mol. The predicted octanol–water partition coefficient (Wildman–Crippen LogP) is 3.60. The van der Waals surface area contributed by atoms with Crippen LogP contribution in [0.15, 0.2) is 12.1 Å². The van der Waals surface area contributed by atoms with Crippen molar-refractivity contribution in [1.82, 2.24) is 0 Å². The highest BCUT2D eigenvalue weighted by atomic mass is 127. The quantitative estimate of drug-likeness (QED) is 0.341. The van der Waals surface area contributed by atoms with Crippen molar-refractivity contribution in [1.29, 1.82) is 0 Å². The molecule has 0 N–H and O–H groups in total. The summed E-state index contributed by atoms with van der Waals surface area (Å²) >= 11 is 6.46. The third-order valence-corrected chi connectivity index (χ3v) is 2.59. The van der Waals surface area contributed by atoms with Gasteiger partial charge in [0.1, 0.15) is 5.56 Å². The standard InChI is InChI=1S/C8H2ClF3INO3/c9-7(15)6-4(8(10,11)12)1-3(13)2-5(6)14(16)17/h1-2H. The van der Waals surface area contributed by atoms with Gasteiger partial charge in [-0.2, -0.15) is 13.2 Å². The lowest BCUT2D eigenvalue weighted by Gasteiger charge is -2.10. The third kappa shape index (κ3) is 3.06. The molecule has 0 saturated carbocycles. The Morgan fingerprint density at radius 3 is 2.29 bits per heavy atom. The molecule has 0 aromatic heterocycles. The Labute approximate surface area is 111 Å². The first kappa shape index (κ1) is 14.2. The highest BCUT2D eigenvalue weighted by Gasteiger charge is 2.39. The van der Waals surface area contributed by atoms with Gasteiger partial charge in [0, 0.05) is 9.64 Å². The van der Waals surface area contributed by atoms with Crippen molar-refractivity contribution in [3.63, 3.8) is 0 Å². The number of rotatable bonds is 2. The second kappa shape index (κ2) is 4.77. The van der Waals surface area contributed by atoms with Crippen LogP contribution in [0, 0.1) is 13.7 Å². The first-order chi connectivity index (χ1) is 7.64. The van der Waals surface area contributed by atoms with Crippen molar-refractivity contribution in [3.8, 4) is 0 Å². The van der Waals surface area contributed by atoms with Gasteiger partial charge in [-0.3, -0.25) is 14.9 Å². The van der Waals surface area contributed by atoms with Crippen LogP contribution in [0.5, 0.6) is 0 Å². The molecular formula is C8H2ClF3INO3. The summed E-state index contributed by atoms with van der Waals surface area (Å²) in [6.07, 6.45) is -4.88. The first-order valence-electron chi connectivity index (χ1n) is 3.89. The number of benzene rings is 1. The van der Waals surface area contributed by atoms with Crippen LogP contribution >= 0.6 is 34.2 Å². The molecule has 0 amide bonds. The number of hydrogen-bond donors (Lipinski definition) is 0. The maximum atomic E-state index is 12.6. The Morgan fingerprint density at radius 2 is 1.94 bits per heavy atom. The highest BCUT2D eigenvalue weighted by molar-refractivity contribution is 14.1. The minimum atomic E-state index is -4.88. The first-order valence-corrected chi connectivity index (χ1v) is 5.35. The van der Waals surface area contributed by atoms with Crippen LogP contribution in [0.1, 0.15) is 15.9 Å². The summed E-state index contributed by atoms with van der Waals surface area (Å²) in [7, 11) is 0. The third-order valence-electron chi connectivity index (χ3n) is 1.78. The Morgan fingerprint density at radius 1 is 1.41 bits per heavy atom. The second-order valence-corrected chi connectivity index (χ2v) is 4.46. The number of nitrogens with zero attached hydrogens (tertiary/aromatic N) is 1. The van der Waals surface area contributed by atoms with Crippen LogP contribution in [0.3, 0.4) is 0 Å². The highest BCUT2D eigenvalue weighted by Crippen LogP contribution is 2.38. The van der Waals surface area contributed by atoms with E-state index in [2.05, 4.69) is 0 Å². The minimum absolute atomic E-state index is 0.0108. The molecule has 1 rings (SSSR count). The average molecular weight is 379 g/mol. The van der Waals surface area contributed by atoms with E-state index in [-0.39, 0.29) is 3.57 Å². The number of nitro groups is 1. The lowest BCUT2D eigenvalue weighted by atomic mass is 10.1. The molecule has 0 bridgehead atoms. The summed E-state index contributed by atoms with van der Waals surface area (Å²) in [5.74, 6) is 0. The second-order valence-electron chi connectivity index (χ2n) is 2.88. The minimum Gasteiger partial charge on any atom is -0.275 e. The number of nitro benzene ring substituents is 1. The molecule has 9 heteroatoms. The van der Waals surface area contributed by atoms with E-state index >= 15 is 0 Å². The van der Waals surface area contributed by atoms with E-state index in [0.717, 1.165) is 6.07 Å². The van der Waals surface area contributed by atoms with Gasteiger partial charge in [-0.05, 0) is 40.3 Å². The molecule has 0 radical (unpaired) electrons. The summed E-state index contributed by atoms with van der Waals surface area (Å²) in [4.78, 5) is 20.4. The van der Waals surface area contributed by atoms with Gasteiger partial charge in [-0.15, -0.1) is 0 Å². The molecule has 0 aliphatic rings. The van der Waals surface area contributed by atoms with Crippen molar-refractivity contribution >= 4 is 45.1 Å². The van der Waals surface area contributed by atoms with Crippen LogP contribution in [0.2, 0.25) is 0 Å². The van der Waals surface area contributed by atoms with Crippen molar-refractivity contribution < 1.29 is 22.9 Å². The van der Waals surface area contributed by atoms with Crippen LogP contribution < -0.4 is 0 Å². The monoisotopic (exact) mass is 379 g/mol. The molecule has 0 unspecified atom stereocenters. The van der Waals surface area contributed by atoms with Gasteiger partial charge in [0.15, 0.2) is 0 Å². The number of hydrogen-bond acceptors (Lipinski definition) is 3. The van der Waals surface area contributed by atoms with Gasteiger partial charge >= 0.3 is 6.18 Å². The summed E-state index contributed by atoms with van der Waals surface area (Å²) in [5, 5.41) is 9.07. The van der Waals surface area contributed by atoms with Gasteiger partial charge < -0.3 is 0 Å². The summed E-state index contributed by atoms with van der Waals surface area (Å²) < 4.78 is 37.8. The van der Waals surface area contributed by atoms with E-state index in [0.29, 0.717) is 6.07 Å². The Kier molecular flexibility index (Phi) is 3.97. The molecule has 1 aromatic carbocycles. The molecule has 0 spiro atoms. The Hall–Kier alpha value is -0.900. The largest absolute Gasteiger partial charge is 0.417 e. The van der Waals surface area contributed by atoms with Gasteiger partial charge in [-0.25, -0.2) is 0 Å². The fourth-order valence-electron chi connectivity index (χ4n) is 1.17. The number of carbonyl (C=O) groups excluding carboxylic acids is 1. The molecule has 92 valence electrons. The Balaban J connectivity index is 3.70. The van der Waals surface area contributed by atoms with E-state index in [1.807, 2.05) is 0 Å². The summed E-state index contributed by atoms with van der Waals surface area (Å²) in [6.45, 7) is 0. The molecule has 0 saturated heterocycles. The number of alkyl halides is 3. The summed E-state index contributed by atoms with van der Waals surface area (Å²) in [5.41, 5.74) is -3.50. The summed E-state index contributed by atoms with van der Waals surface area (Å²) in [6, 6.07) is 1.48. The molecule has 4 nitrogen and oxygen atoms in total. The van der Waals surface area contributed by atoms with E-state index in [4.69, 9.17) is 11.6 Å².